The quantitative estimate of drug-likeness (QED) is 0.813. The third kappa shape index (κ3) is 4.11. The number of rotatable bonds is 2. The summed E-state index contributed by atoms with van der Waals surface area (Å²) in [7, 11) is 0. The van der Waals surface area contributed by atoms with E-state index in [0.29, 0.717) is 6.54 Å². The molecule has 0 radical (unpaired) electrons. The summed E-state index contributed by atoms with van der Waals surface area (Å²) in [4.78, 5) is 13.0. The van der Waals surface area contributed by atoms with E-state index in [2.05, 4.69) is 5.32 Å². The van der Waals surface area contributed by atoms with Gasteiger partial charge in [0.1, 0.15) is 11.6 Å². The van der Waals surface area contributed by atoms with Crippen molar-refractivity contribution in [1.29, 1.82) is 0 Å². The second-order valence-electron chi connectivity index (χ2n) is 5.29. The van der Waals surface area contributed by atoms with Gasteiger partial charge in [-0.05, 0) is 27.3 Å². The molecule has 0 aliphatic carbocycles. The van der Waals surface area contributed by atoms with Crippen molar-refractivity contribution in [2.24, 2.45) is 0 Å². The van der Waals surface area contributed by atoms with Crippen molar-refractivity contribution in [3.05, 3.63) is 0 Å². The minimum absolute atomic E-state index is 0.155. The van der Waals surface area contributed by atoms with Gasteiger partial charge in [0.2, 0.25) is 0 Å². The van der Waals surface area contributed by atoms with Gasteiger partial charge in [0, 0.05) is 6.54 Å². The van der Waals surface area contributed by atoms with Crippen LogP contribution in [0, 0.1) is 0 Å². The summed E-state index contributed by atoms with van der Waals surface area (Å²) >= 11 is 0. The lowest BCUT2D eigenvalue weighted by Gasteiger charge is -2.23. The predicted octanol–water partition coefficient (Wildman–Crippen LogP) is 1.85. The van der Waals surface area contributed by atoms with E-state index in [-0.39, 0.29) is 13.1 Å². The molecule has 17 heavy (non-hydrogen) atoms. The van der Waals surface area contributed by atoms with Crippen molar-refractivity contribution in [2.45, 2.75) is 45.3 Å². The highest BCUT2D eigenvalue weighted by molar-refractivity contribution is 5.68. The molecule has 0 aromatic heterocycles. The first kappa shape index (κ1) is 14.2. The zero-order valence-electron chi connectivity index (χ0n) is 10.7. The Hall–Kier alpha value is -0.910. The Morgan fingerprint density at radius 3 is 2.53 bits per heavy atom. The molecule has 1 aliphatic rings. The van der Waals surface area contributed by atoms with Gasteiger partial charge in [-0.3, -0.25) is 4.90 Å². The largest absolute Gasteiger partial charge is 0.444 e. The maximum atomic E-state index is 13.5. The summed E-state index contributed by atoms with van der Waals surface area (Å²) in [5, 5.41) is 2.24. The summed E-state index contributed by atoms with van der Waals surface area (Å²) in [6, 6.07) is -1.17. The van der Waals surface area contributed by atoms with Crippen LogP contribution in [-0.4, -0.2) is 48.2 Å². The molecule has 1 heterocycles. The molecule has 0 saturated carbocycles. The number of amides is 1. The topological polar surface area (TPSA) is 41.6 Å². The number of alkyl carbamates (subject to hydrolysis) is 1. The molecule has 1 N–H and O–H groups in total. The second-order valence-corrected chi connectivity index (χ2v) is 5.29. The van der Waals surface area contributed by atoms with Gasteiger partial charge in [0.25, 0.3) is 5.92 Å². The minimum atomic E-state index is -2.90. The Bertz CT molecular complexity index is 290. The highest BCUT2D eigenvalue weighted by Crippen LogP contribution is 2.27. The van der Waals surface area contributed by atoms with Crippen LogP contribution in [-0.2, 0) is 4.74 Å². The van der Waals surface area contributed by atoms with Crippen molar-refractivity contribution in [3.8, 4) is 0 Å². The molecule has 6 heteroatoms. The Morgan fingerprint density at radius 1 is 1.53 bits per heavy atom. The summed E-state index contributed by atoms with van der Waals surface area (Å²) in [6.07, 6.45) is -0.792. The molecule has 1 rings (SSSR count). The van der Waals surface area contributed by atoms with E-state index in [9.17, 15) is 13.6 Å². The molecule has 0 aromatic carbocycles. The Labute approximate surface area is 100 Å². The number of halogens is 2. The fourth-order valence-corrected chi connectivity index (χ4v) is 1.71. The number of likely N-dealkylation sites (N-methyl/N-ethyl adjacent to an activating group) is 1. The number of carbonyl (C=O) groups excluding carboxylic acids is 1. The van der Waals surface area contributed by atoms with Crippen molar-refractivity contribution in [1.82, 2.24) is 10.2 Å². The van der Waals surface area contributed by atoms with Gasteiger partial charge >= 0.3 is 6.09 Å². The van der Waals surface area contributed by atoms with Crippen molar-refractivity contribution >= 4 is 6.09 Å². The highest BCUT2D eigenvalue weighted by Gasteiger charge is 2.48. The van der Waals surface area contributed by atoms with Crippen LogP contribution < -0.4 is 5.32 Å². The summed E-state index contributed by atoms with van der Waals surface area (Å²) in [6.45, 7) is 7.27. The van der Waals surface area contributed by atoms with E-state index in [4.69, 9.17) is 4.74 Å². The first-order valence-corrected chi connectivity index (χ1v) is 5.74. The normalized spacial score (nSPS) is 24.7. The summed E-state index contributed by atoms with van der Waals surface area (Å²) in [5.41, 5.74) is -0.678. The molecule has 4 nitrogen and oxygen atoms in total. The lowest BCUT2D eigenvalue weighted by atomic mass is 10.2. The van der Waals surface area contributed by atoms with E-state index < -0.39 is 23.7 Å². The molecular formula is C11H20F2N2O2. The first-order valence-electron chi connectivity index (χ1n) is 5.74. The summed E-state index contributed by atoms with van der Waals surface area (Å²) in [5.74, 6) is -2.90. The maximum Gasteiger partial charge on any atom is 0.408 e. The van der Waals surface area contributed by atoms with Crippen LogP contribution in [0.25, 0.3) is 0 Å². The van der Waals surface area contributed by atoms with Crippen LogP contribution in [0.5, 0.6) is 0 Å². The lowest BCUT2D eigenvalue weighted by Crippen LogP contribution is -2.48. The minimum Gasteiger partial charge on any atom is -0.444 e. The van der Waals surface area contributed by atoms with Gasteiger partial charge in [-0.25, -0.2) is 13.6 Å². The van der Waals surface area contributed by atoms with Crippen molar-refractivity contribution in [2.75, 3.05) is 19.6 Å². The number of hydrogen-bond acceptors (Lipinski definition) is 3. The van der Waals surface area contributed by atoms with Gasteiger partial charge in [0.15, 0.2) is 0 Å². The number of carbonyl (C=O) groups is 1. The van der Waals surface area contributed by atoms with Crippen molar-refractivity contribution in [3.63, 3.8) is 0 Å². The molecule has 0 bridgehead atoms. The van der Waals surface area contributed by atoms with Crippen LogP contribution in [0.2, 0.25) is 0 Å². The molecule has 100 valence electrons. The van der Waals surface area contributed by atoms with Gasteiger partial charge in [-0.15, -0.1) is 0 Å². The van der Waals surface area contributed by atoms with E-state index >= 15 is 0 Å². The third-order valence-corrected chi connectivity index (χ3v) is 2.52. The zero-order chi connectivity index (χ0) is 13.3. The van der Waals surface area contributed by atoms with Crippen LogP contribution in [0.1, 0.15) is 27.7 Å². The van der Waals surface area contributed by atoms with Crippen LogP contribution >= 0.6 is 0 Å². The smallest absolute Gasteiger partial charge is 0.408 e. The van der Waals surface area contributed by atoms with Crippen LogP contribution in [0.4, 0.5) is 13.6 Å². The number of ether oxygens (including phenoxy) is 1. The standard InChI is InChI=1S/C11H20F2N2O2/c1-5-15-6-8(11(12,13)7-15)14-9(16)17-10(2,3)4/h8H,5-7H2,1-4H3,(H,14,16). The molecule has 0 aromatic rings. The number of likely N-dealkylation sites (tertiary alicyclic amines) is 1. The first-order chi connectivity index (χ1) is 7.64. The molecule has 1 fully saturated rings. The lowest BCUT2D eigenvalue weighted by molar-refractivity contribution is -0.0159. The second kappa shape index (κ2) is 4.76. The maximum absolute atomic E-state index is 13.5. The van der Waals surface area contributed by atoms with E-state index in [1.807, 2.05) is 6.92 Å². The monoisotopic (exact) mass is 250 g/mol. The van der Waals surface area contributed by atoms with E-state index in [0.717, 1.165) is 0 Å². The number of alkyl halides is 2. The third-order valence-electron chi connectivity index (χ3n) is 2.52. The summed E-state index contributed by atoms with van der Waals surface area (Å²) < 4.78 is 32.0. The van der Waals surface area contributed by atoms with Gasteiger partial charge in [-0.2, -0.15) is 0 Å². The molecule has 1 atom stereocenters. The Morgan fingerprint density at radius 2 is 2.12 bits per heavy atom. The van der Waals surface area contributed by atoms with Gasteiger partial charge < -0.3 is 10.1 Å². The fraction of sp³-hybridized carbons (Fsp3) is 0.909. The van der Waals surface area contributed by atoms with Crippen LogP contribution in [0.15, 0.2) is 0 Å². The zero-order valence-corrected chi connectivity index (χ0v) is 10.7. The molecule has 0 spiro atoms. The fourth-order valence-electron chi connectivity index (χ4n) is 1.71. The van der Waals surface area contributed by atoms with Crippen LogP contribution in [0.3, 0.4) is 0 Å². The molecule has 1 amide bonds. The Kier molecular flexibility index (Phi) is 3.96. The number of nitrogens with one attached hydrogen (secondary N) is 1. The number of hydrogen-bond donors (Lipinski definition) is 1. The van der Waals surface area contributed by atoms with Gasteiger partial charge in [0.05, 0.1) is 6.54 Å². The molecule has 1 saturated heterocycles. The van der Waals surface area contributed by atoms with Gasteiger partial charge in [-0.1, -0.05) is 6.92 Å². The molecule has 1 unspecified atom stereocenters. The average Bonchev–Trinajstić information content (AvgIpc) is 2.38. The van der Waals surface area contributed by atoms with Crippen molar-refractivity contribution < 1.29 is 18.3 Å². The number of nitrogens with zero attached hydrogens (tertiary/aromatic N) is 1. The average molecular weight is 250 g/mol. The van der Waals surface area contributed by atoms with E-state index in [1.54, 1.807) is 25.7 Å². The SMILES string of the molecule is CCN1CC(NC(=O)OC(C)(C)C)C(F)(F)C1. The predicted molar refractivity (Wildman–Crippen MR) is 60.2 cm³/mol. The molecule has 1 aliphatic heterocycles. The van der Waals surface area contributed by atoms with E-state index in [1.165, 1.54) is 0 Å². The molecular weight excluding hydrogens is 230 g/mol. The Balaban J connectivity index is 2.54. The highest BCUT2D eigenvalue weighted by atomic mass is 19.3.